The monoisotopic (exact) mass is 286 g/mol. The van der Waals surface area contributed by atoms with Crippen LogP contribution in [-0.4, -0.2) is 27.8 Å². The molecule has 0 fully saturated rings. The topological polar surface area (TPSA) is 59.4 Å². The van der Waals surface area contributed by atoms with Gasteiger partial charge in [0.2, 0.25) is 0 Å². The second-order valence-corrected chi connectivity index (χ2v) is 5.28. The van der Waals surface area contributed by atoms with Gasteiger partial charge in [-0.1, -0.05) is 6.07 Å². The summed E-state index contributed by atoms with van der Waals surface area (Å²) in [5.41, 5.74) is 4.12. The molecule has 0 saturated carbocycles. The Kier molecular flexibility index (Phi) is 3.62. The summed E-state index contributed by atoms with van der Waals surface area (Å²) in [6.45, 7) is 1.79. The van der Waals surface area contributed by atoms with Crippen LogP contribution >= 0.6 is 0 Å². The minimum absolute atomic E-state index is 0.141. The van der Waals surface area contributed by atoms with E-state index in [1.165, 1.54) is 5.56 Å². The molecule has 110 valence electrons. The molecule has 1 aromatic carbocycles. The Labute approximate surface area is 123 Å². The van der Waals surface area contributed by atoms with E-state index >= 15 is 0 Å². The first-order valence-corrected chi connectivity index (χ1v) is 6.81. The quantitative estimate of drug-likeness (QED) is 0.940. The zero-order valence-corrected chi connectivity index (χ0v) is 12.2. The van der Waals surface area contributed by atoms with Gasteiger partial charge in [-0.15, -0.1) is 0 Å². The molecule has 2 aromatic rings. The molecule has 3 rings (SSSR count). The van der Waals surface area contributed by atoms with Crippen molar-refractivity contribution in [1.29, 1.82) is 0 Å². The number of nitrogens with one attached hydrogen (secondary N) is 1. The van der Waals surface area contributed by atoms with E-state index in [0.29, 0.717) is 19.8 Å². The zero-order chi connectivity index (χ0) is 14.8. The number of anilines is 1. The third-order valence-corrected chi connectivity index (χ3v) is 3.50. The van der Waals surface area contributed by atoms with Crippen molar-refractivity contribution < 1.29 is 9.53 Å². The average Bonchev–Trinajstić information content (AvgIpc) is 3.07. The summed E-state index contributed by atoms with van der Waals surface area (Å²) in [6, 6.07) is 5.73. The summed E-state index contributed by atoms with van der Waals surface area (Å²) in [7, 11) is 3.62. The summed E-state index contributed by atoms with van der Waals surface area (Å²) in [6.07, 6.45) is 3.66. The Bertz CT molecular complexity index is 665. The number of hydrogen-bond acceptors (Lipinski definition) is 3. The van der Waals surface area contributed by atoms with Crippen molar-refractivity contribution in [3.8, 4) is 0 Å². The number of aromatic nitrogens is 2. The molecule has 1 aliphatic heterocycles. The van der Waals surface area contributed by atoms with Crippen LogP contribution < -0.4 is 5.32 Å². The fraction of sp³-hybridized carbons (Fsp3) is 0.333. The molecule has 1 aromatic heterocycles. The van der Waals surface area contributed by atoms with E-state index < -0.39 is 0 Å². The highest BCUT2D eigenvalue weighted by molar-refractivity contribution is 5.89. The van der Waals surface area contributed by atoms with Crippen LogP contribution in [0.1, 0.15) is 16.7 Å². The molecule has 6 nitrogen and oxygen atoms in total. The third kappa shape index (κ3) is 3.05. The minimum Gasteiger partial charge on any atom is -0.372 e. The van der Waals surface area contributed by atoms with Gasteiger partial charge in [-0.05, 0) is 23.3 Å². The van der Waals surface area contributed by atoms with Crippen molar-refractivity contribution in [3.63, 3.8) is 0 Å². The van der Waals surface area contributed by atoms with Crippen LogP contribution in [0.25, 0.3) is 0 Å². The maximum absolute atomic E-state index is 12.2. The Hall–Kier alpha value is -2.34. The van der Waals surface area contributed by atoms with Crippen molar-refractivity contribution in [2.45, 2.75) is 19.8 Å². The van der Waals surface area contributed by atoms with Gasteiger partial charge in [0.25, 0.3) is 0 Å². The molecule has 0 bridgehead atoms. The molecule has 0 atom stereocenters. The summed E-state index contributed by atoms with van der Waals surface area (Å²) in [5, 5.41) is 7.00. The molecule has 1 aliphatic rings. The Morgan fingerprint density at radius 2 is 2.24 bits per heavy atom. The maximum atomic E-state index is 12.2. The lowest BCUT2D eigenvalue weighted by atomic mass is 10.1. The molecule has 21 heavy (non-hydrogen) atoms. The van der Waals surface area contributed by atoms with E-state index in [0.717, 1.165) is 16.8 Å². The smallest absolute Gasteiger partial charge is 0.321 e. The number of carbonyl (C=O) groups is 1. The first-order valence-electron chi connectivity index (χ1n) is 6.81. The van der Waals surface area contributed by atoms with Gasteiger partial charge in [0.1, 0.15) is 0 Å². The average molecular weight is 286 g/mol. The zero-order valence-electron chi connectivity index (χ0n) is 12.2. The molecule has 0 aliphatic carbocycles. The van der Waals surface area contributed by atoms with Crippen LogP contribution in [-0.2, 0) is 31.5 Å². The van der Waals surface area contributed by atoms with Crippen LogP contribution in [0.2, 0.25) is 0 Å². The molecule has 1 N–H and O–H groups in total. The van der Waals surface area contributed by atoms with E-state index in [-0.39, 0.29) is 6.03 Å². The second-order valence-electron chi connectivity index (χ2n) is 5.28. The molecule has 2 amide bonds. The van der Waals surface area contributed by atoms with Gasteiger partial charge >= 0.3 is 6.03 Å². The Morgan fingerprint density at radius 1 is 1.43 bits per heavy atom. The van der Waals surface area contributed by atoms with E-state index in [1.807, 2.05) is 31.4 Å². The normalized spacial score (nSPS) is 13.0. The van der Waals surface area contributed by atoms with Gasteiger partial charge in [-0.25, -0.2) is 4.79 Å². The first kappa shape index (κ1) is 13.6. The number of fused-ring (bicyclic) bond motifs is 1. The minimum atomic E-state index is -0.141. The van der Waals surface area contributed by atoms with Gasteiger partial charge in [-0.2, -0.15) is 5.10 Å². The maximum Gasteiger partial charge on any atom is 0.321 e. The largest absolute Gasteiger partial charge is 0.372 e. The molecule has 2 heterocycles. The molecule has 6 heteroatoms. The van der Waals surface area contributed by atoms with Crippen LogP contribution in [0.15, 0.2) is 30.6 Å². The van der Waals surface area contributed by atoms with Crippen LogP contribution in [0, 0.1) is 0 Å². The lowest BCUT2D eigenvalue weighted by Crippen LogP contribution is -2.30. The second kappa shape index (κ2) is 5.57. The Morgan fingerprint density at radius 3 is 3.00 bits per heavy atom. The summed E-state index contributed by atoms with van der Waals surface area (Å²) >= 11 is 0. The molecule has 0 unspecified atom stereocenters. The fourth-order valence-corrected chi connectivity index (χ4v) is 2.37. The van der Waals surface area contributed by atoms with Crippen molar-refractivity contribution in [3.05, 3.63) is 47.3 Å². The number of benzene rings is 1. The highest BCUT2D eigenvalue weighted by Crippen LogP contribution is 2.23. The van der Waals surface area contributed by atoms with Crippen LogP contribution in [0.4, 0.5) is 10.5 Å². The number of hydrogen-bond donors (Lipinski definition) is 1. The van der Waals surface area contributed by atoms with E-state index in [2.05, 4.69) is 10.4 Å². The molecule has 0 saturated heterocycles. The number of carbonyl (C=O) groups excluding carboxylic acids is 1. The molecule has 0 radical (unpaired) electrons. The van der Waals surface area contributed by atoms with Gasteiger partial charge in [0, 0.05) is 31.5 Å². The Balaban J connectivity index is 1.63. The number of amides is 2. The molecular formula is C15H18N4O2. The van der Waals surface area contributed by atoms with Crippen LogP contribution in [0.5, 0.6) is 0 Å². The highest BCUT2D eigenvalue weighted by Gasteiger charge is 2.14. The standard InChI is InChI=1S/C15H18N4O2/c1-18(7-11-6-16-19(2)8-11)15(20)17-14-4-3-12-9-21-10-13(12)5-14/h3-6,8H,7,9-10H2,1-2H3,(H,17,20). The van der Waals surface area contributed by atoms with Crippen LogP contribution in [0.3, 0.4) is 0 Å². The van der Waals surface area contributed by atoms with Crippen molar-refractivity contribution >= 4 is 11.7 Å². The predicted octanol–water partition coefficient (Wildman–Crippen LogP) is 2.11. The van der Waals surface area contributed by atoms with Crippen molar-refractivity contribution in [2.24, 2.45) is 7.05 Å². The van der Waals surface area contributed by atoms with E-state index in [1.54, 1.807) is 22.8 Å². The van der Waals surface area contributed by atoms with Gasteiger partial charge in [-0.3, -0.25) is 4.68 Å². The van der Waals surface area contributed by atoms with E-state index in [9.17, 15) is 4.79 Å². The van der Waals surface area contributed by atoms with Crippen molar-refractivity contribution in [2.75, 3.05) is 12.4 Å². The number of ether oxygens (including phenoxy) is 1. The highest BCUT2D eigenvalue weighted by atomic mass is 16.5. The number of rotatable bonds is 3. The third-order valence-electron chi connectivity index (χ3n) is 3.50. The van der Waals surface area contributed by atoms with Gasteiger partial charge in [0.05, 0.1) is 26.0 Å². The number of aryl methyl sites for hydroxylation is 1. The number of nitrogens with zero attached hydrogens (tertiary/aromatic N) is 3. The van der Waals surface area contributed by atoms with E-state index in [4.69, 9.17) is 4.74 Å². The number of urea groups is 1. The molecule has 0 spiro atoms. The lowest BCUT2D eigenvalue weighted by molar-refractivity contribution is 0.134. The fourth-order valence-electron chi connectivity index (χ4n) is 2.37. The first-order chi connectivity index (χ1) is 10.1. The van der Waals surface area contributed by atoms with Crippen molar-refractivity contribution in [1.82, 2.24) is 14.7 Å². The van der Waals surface area contributed by atoms with Gasteiger partial charge < -0.3 is 15.0 Å². The SMILES string of the molecule is CN(Cc1cnn(C)c1)C(=O)Nc1ccc2c(c1)COC2. The lowest BCUT2D eigenvalue weighted by Gasteiger charge is -2.17. The summed E-state index contributed by atoms with van der Waals surface area (Å²) in [4.78, 5) is 13.8. The summed E-state index contributed by atoms with van der Waals surface area (Å²) < 4.78 is 7.10. The predicted molar refractivity (Wildman–Crippen MR) is 78.6 cm³/mol. The molecular weight excluding hydrogens is 268 g/mol. The van der Waals surface area contributed by atoms with Gasteiger partial charge in [0.15, 0.2) is 0 Å². The summed E-state index contributed by atoms with van der Waals surface area (Å²) in [5.74, 6) is 0.